The Kier molecular flexibility index (Phi) is 4.77. The van der Waals surface area contributed by atoms with Crippen LogP contribution in [0.4, 0.5) is 5.69 Å². The molecule has 0 aliphatic heterocycles. The maximum Gasteiger partial charge on any atom is 0.313 e. The number of benzene rings is 1. The molecule has 2 aromatic heterocycles. The van der Waals surface area contributed by atoms with Gasteiger partial charge in [0, 0.05) is 5.69 Å². The molecular weight excluding hydrogens is 324 g/mol. The average Bonchev–Trinajstić information content (AvgIpc) is 3.23. The first-order valence-corrected chi connectivity index (χ1v) is 8.28. The van der Waals surface area contributed by atoms with E-state index in [9.17, 15) is 9.59 Å². The summed E-state index contributed by atoms with van der Waals surface area (Å²) in [6.45, 7) is 2.07. The molecule has 0 saturated heterocycles. The number of rotatable bonds is 4. The van der Waals surface area contributed by atoms with Crippen molar-refractivity contribution < 1.29 is 14.0 Å². The van der Waals surface area contributed by atoms with E-state index in [2.05, 4.69) is 10.6 Å². The minimum Gasteiger partial charge on any atom is -0.458 e. The molecule has 122 valence electrons. The molecule has 3 rings (SSSR count). The standard InChI is InChI=1S/C18H16N2O3S/c1-12-4-2-5-13(10-12)20-18(22)17(21)19-11-14-7-8-15(23-14)16-6-3-9-24-16/h2-10H,11H2,1H3,(H,19,21)(H,20,22). The zero-order valence-electron chi connectivity index (χ0n) is 13.0. The van der Waals surface area contributed by atoms with Gasteiger partial charge >= 0.3 is 11.8 Å². The number of nitrogens with one attached hydrogen (secondary N) is 2. The van der Waals surface area contributed by atoms with Crippen molar-refractivity contribution in [1.29, 1.82) is 0 Å². The van der Waals surface area contributed by atoms with Gasteiger partial charge in [0.1, 0.15) is 11.5 Å². The van der Waals surface area contributed by atoms with Crippen LogP contribution in [0.1, 0.15) is 11.3 Å². The topological polar surface area (TPSA) is 71.3 Å². The van der Waals surface area contributed by atoms with Gasteiger partial charge in [-0.25, -0.2) is 0 Å². The highest BCUT2D eigenvalue weighted by Gasteiger charge is 2.14. The van der Waals surface area contributed by atoms with Crippen LogP contribution >= 0.6 is 11.3 Å². The van der Waals surface area contributed by atoms with E-state index in [-0.39, 0.29) is 6.54 Å². The number of hydrogen-bond acceptors (Lipinski definition) is 4. The lowest BCUT2D eigenvalue weighted by atomic mass is 10.2. The van der Waals surface area contributed by atoms with Crippen molar-refractivity contribution in [2.45, 2.75) is 13.5 Å². The summed E-state index contributed by atoms with van der Waals surface area (Å²) in [6.07, 6.45) is 0. The Hall–Kier alpha value is -2.86. The van der Waals surface area contributed by atoms with E-state index in [1.807, 2.05) is 42.6 Å². The molecule has 0 aliphatic carbocycles. The Balaban J connectivity index is 1.54. The molecule has 2 amide bonds. The highest BCUT2D eigenvalue weighted by Crippen LogP contribution is 2.26. The van der Waals surface area contributed by atoms with Crippen molar-refractivity contribution in [2.75, 3.05) is 5.32 Å². The van der Waals surface area contributed by atoms with Crippen molar-refractivity contribution >= 4 is 28.8 Å². The number of carbonyl (C=O) groups excluding carboxylic acids is 2. The van der Waals surface area contributed by atoms with Gasteiger partial charge in [0.2, 0.25) is 0 Å². The highest BCUT2D eigenvalue weighted by molar-refractivity contribution is 7.13. The van der Waals surface area contributed by atoms with E-state index in [0.717, 1.165) is 16.2 Å². The molecule has 1 aromatic carbocycles. The van der Waals surface area contributed by atoms with Crippen molar-refractivity contribution in [1.82, 2.24) is 5.32 Å². The predicted molar refractivity (Wildman–Crippen MR) is 93.7 cm³/mol. The Labute approximate surface area is 143 Å². The fraction of sp³-hybridized carbons (Fsp3) is 0.111. The summed E-state index contributed by atoms with van der Waals surface area (Å²) in [5, 5.41) is 7.08. The van der Waals surface area contributed by atoms with E-state index in [1.165, 1.54) is 0 Å². The van der Waals surface area contributed by atoms with Crippen LogP contribution in [0, 0.1) is 6.92 Å². The Bertz CT molecular complexity index is 853. The second kappa shape index (κ2) is 7.14. The van der Waals surface area contributed by atoms with Gasteiger partial charge in [0.05, 0.1) is 11.4 Å². The van der Waals surface area contributed by atoms with Gasteiger partial charge < -0.3 is 15.1 Å². The number of aryl methyl sites for hydroxylation is 1. The first-order chi connectivity index (χ1) is 11.6. The quantitative estimate of drug-likeness (QED) is 0.713. The van der Waals surface area contributed by atoms with Gasteiger partial charge in [-0.1, -0.05) is 18.2 Å². The van der Waals surface area contributed by atoms with Gasteiger partial charge in [0.25, 0.3) is 0 Å². The van der Waals surface area contributed by atoms with Crippen LogP contribution in [-0.4, -0.2) is 11.8 Å². The van der Waals surface area contributed by atoms with Crippen LogP contribution in [0.2, 0.25) is 0 Å². The van der Waals surface area contributed by atoms with E-state index < -0.39 is 11.8 Å². The van der Waals surface area contributed by atoms with Crippen LogP contribution in [0.3, 0.4) is 0 Å². The molecular formula is C18H16N2O3S. The third kappa shape index (κ3) is 3.91. The van der Waals surface area contributed by atoms with Crippen LogP contribution in [0.25, 0.3) is 10.6 Å². The average molecular weight is 340 g/mol. The fourth-order valence-corrected chi connectivity index (χ4v) is 2.87. The summed E-state index contributed by atoms with van der Waals surface area (Å²) in [5.74, 6) is -0.0650. The molecule has 0 bridgehead atoms. The van der Waals surface area contributed by atoms with E-state index >= 15 is 0 Å². The second-order valence-electron chi connectivity index (χ2n) is 5.25. The molecule has 0 spiro atoms. The first-order valence-electron chi connectivity index (χ1n) is 7.40. The molecule has 24 heavy (non-hydrogen) atoms. The summed E-state index contributed by atoms with van der Waals surface area (Å²) in [5.41, 5.74) is 1.60. The Morgan fingerprint density at radius 2 is 1.96 bits per heavy atom. The van der Waals surface area contributed by atoms with E-state index in [1.54, 1.807) is 29.5 Å². The van der Waals surface area contributed by atoms with E-state index in [0.29, 0.717) is 11.4 Å². The lowest BCUT2D eigenvalue weighted by Gasteiger charge is -2.06. The van der Waals surface area contributed by atoms with Crippen molar-refractivity contribution in [3.05, 3.63) is 65.2 Å². The molecule has 0 atom stereocenters. The van der Waals surface area contributed by atoms with Crippen LogP contribution in [0.5, 0.6) is 0 Å². The van der Waals surface area contributed by atoms with Gasteiger partial charge in [0.15, 0.2) is 0 Å². The van der Waals surface area contributed by atoms with Gasteiger partial charge in [-0.3, -0.25) is 9.59 Å². The van der Waals surface area contributed by atoms with Crippen LogP contribution < -0.4 is 10.6 Å². The van der Waals surface area contributed by atoms with E-state index in [4.69, 9.17) is 4.42 Å². The number of anilines is 1. The minimum atomic E-state index is -0.703. The molecule has 2 heterocycles. The third-order valence-electron chi connectivity index (χ3n) is 3.33. The number of thiophene rings is 1. The molecule has 0 fully saturated rings. The maximum absolute atomic E-state index is 11.9. The largest absolute Gasteiger partial charge is 0.458 e. The SMILES string of the molecule is Cc1cccc(NC(=O)C(=O)NCc2ccc(-c3cccs3)o2)c1. The third-order valence-corrected chi connectivity index (χ3v) is 4.22. The molecule has 0 unspecified atom stereocenters. The maximum atomic E-state index is 11.9. The number of amides is 2. The molecule has 6 heteroatoms. The summed E-state index contributed by atoms with van der Waals surface area (Å²) >= 11 is 1.58. The Morgan fingerprint density at radius 3 is 2.71 bits per heavy atom. The Morgan fingerprint density at radius 1 is 1.08 bits per heavy atom. The predicted octanol–water partition coefficient (Wildman–Crippen LogP) is 3.57. The lowest BCUT2D eigenvalue weighted by Crippen LogP contribution is -2.34. The second-order valence-corrected chi connectivity index (χ2v) is 6.20. The monoisotopic (exact) mass is 340 g/mol. The number of furan rings is 1. The zero-order chi connectivity index (χ0) is 16.9. The van der Waals surface area contributed by atoms with Crippen molar-refractivity contribution in [3.8, 4) is 10.6 Å². The molecule has 2 N–H and O–H groups in total. The summed E-state index contributed by atoms with van der Waals surface area (Å²) in [6, 6.07) is 14.8. The molecule has 5 nitrogen and oxygen atoms in total. The van der Waals surface area contributed by atoms with Gasteiger partial charge in [-0.15, -0.1) is 11.3 Å². The molecule has 0 saturated carbocycles. The normalized spacial score (nSPS) is 10.4. The smallest absolute Gasteiger partial charge is 0.313 e. The summed E-state index contributed by atoms with van der Waals surface area (Å²) < 4.78 is 5.66. The summed E-state index contributed by atoms with van der Waals surface area (Å²) in [4.78, 5) is 24.8. The lowest BCUT2D eigenvalue weighted by molar-refractivity contribution is -0.136. The molecule has 0 radical (unpaired) electrons. The zero-order valence-corrected chi connectivity index (χ0v) is 13.9. The van der Waals surface area contributed by atoms with Crippen molar-refractivity contribution in [3.63, 3.8) is 0 Å². The van der Waals surface area contributed by atoms with Gasteiger partial charge in [-0.05, 0) is 48.2 Å². The highest BCUT2D eigenvalue weighted by atomic mass is 32.1. The molecule has 3 aromatic rings. The van der Waals surface area contributed by atoms with Crippen LogP contribution in [-0.2, 0) is 16.1 Å². The van der Waals surface area contributed by atoms with Gasteiger partial charge in [-0.2, -0.15) is 0 Å². The van der Waals surface area contributed by atoms with Crippen LogP contribution in [0.15, 0.2) is 58.3 Å². The molecule has 0 aliphatic rings. The fourth-order valence-electron chi connectivity index (χ4n) is 2.18. The first kappa shape index (κ1) is 16.0. The minimum absolute atomic E-state index is 0.158. The summed E-state index contributed by atoms with van der Waals surface area (Å²) in [7, 11) is 0. The number of carbonyl (C=O) groups is 2. The van der Waals surface area contributed by atoms with Crippen molar-refractivity contribution in [2.24, 2.45) is 0 Å². The number of hydrogen-bond donors (Lipinski definition) is 2.